The highest BCUT2D eigenvalue weighted by Crippen LogP contribution is 2.34. The Kier molecular flexibility index (Phi) is 9.24. The van der Waals surface area contributed by atoms with E-state index in [-0.39, 0.29) is 0 Å². The quantitative estimate of drug-likeness (QED) is 0.618. The molecule has 1 heterocycles. The third-order valence-corrected chi connectivity index (χ3v) is 5.09. The third-order valence-electron chi connectivity index (χ3n) is 5.09. The molecule has 2 aliphatic rings. The second kappa shape index (κ2) is 10.6. The number of fused-ring (bicyclic) bond motifs is 1. The fourth-order valence-electron chi connectivity index (χ4n) is 3.95. The molecule has 2 unspecified atom stereocenters. The molecule has 23 heavy (non-hydrogen) atoms. The first-order valence-electron chi connectivity index (χ1n) is 9.70. The van der Waals surface area contributed by atoms with Crippen molar-refractivity contribution in [1.29, 1.82) is 0 Å². The SMILES string of the molecule is C=CC1CCCC1CN1CCc2c(C)cccc2C1.CC.CC. The minimum Gasteiger partial charge on any atom is -0.298 e. The van der Waals surface area contributed by atoms with Gasteiger partial charge in [0.1, 0.15) is 0 Å². The van der Waals surface area contributed by atoms with Crippen LogP contribution in [0.2, 0.25) is 0 Å². The van der Waals surface area contributed by atoms with Gasteiger partial charge in [-0.05, 0) is 54.7 Å². The van der Waals surface area contributed by atoms with E-state index in [0.29, 0.717) is 0 Å². The molecule has 0 N–H and O–H groups in total. The molecule has 0 amide bonds. The van der Waals surface area contributed by atoms with Gasteiger partial charge in [-0.15, -0.1) is 6.58 Å². The maximum Gasteiger partial charge on any atom is 0.0236 e. The first-order valence-corrected chi connectivity index (χ1v) is 9.70. The van der Waals surface area contributed by atoms with E-state index < -0.39 is 0 Å². The summed E-state index contributed by atoms with van der Waals surface area (Å²) in [5.74, 6) is 1.61. The normalized spacial score (nSPS) is 23.0. The summed E-state index contributed by atoms with van der Waals surface area (Å²) >= 11 is 0. The van der Waals surface area contributed by atoms with Gasteiger partial charge in [-0.1, -0.05) is 58.4 Å². The summed E-state index contributed by atoms with van der Waals surface area (Å²) in [6.45, 7) is 17.9. The topological polar surface area (TPSA) is 3.24 Å². The largest absolute Gasteiger partial charge is 0.298 e. The highest BCUT2D eigenvalue weighted by atomic mass is 15.1. The van der Waals surface area contributed by atoms with Crippen LogP contribution in [0, 0.1) is 18.8 Å². The summed E-state index contributed by atoms with van der Waals surface area (Å²) in [6, 6.07) is 6.77. The molecule has 1 aliphatic heterocycles. The lowest BCUT2D eigenvalue weighted by molar-refractivity contribution is 0.201. The van der Waals surface area contributed by atoms with Crippen molar-refractivity contribution in [3.63, 3.8) is 0 Å². The summed E-state index contributed by atoms with van der Waals surface area (Å²) < 4.78 is 0. The Bertz CT molecular complexity index is 463. The molecular weight excluding hydrogens is 278 g/mol. The number of hydrogen-bond acceptors (Lipinski definition) is 1. The van der Waals surface area contributed by atoms with Crippen LogP contribution in [0.3, 0.4) is 0 Å². The zero-order chi connectivity index (χ0) is 17.2. The van der Waals surface area contributed by atoms with Gasteiger partial charge in [-0.2, -0.15) is 0 Å². The molecule has 1 fully saturated rings. The zero-order valence-electron chi connectivity index (χ0n) is 16.1. The van der Waals surface area contributed by atoms with Crippen molar-refractivity contribution in [2.24, 2.45) is 11.8 Å². The molecule has 3 rings (SSSR count). The first-order chi connectivity index (χ1) is 11.3. The minimum absolute atomic E-state index is 0.763. The molecule has 1 aromatic carbocycles. The molecule has 1 heteroatoms. The summed E-state index contributed by atoms with van der Waals surface area (Å²) in [4.78, 5) is 2.66. The van der Waals surface area contributed by atoms with Gasteiger partial charge in [0, 0.05) is 19.6 Å². The van der Waals surface area contributed by atoms with Gasteiger partial charge < -0.3 is 0 Å². The van der Waals surface area contributed by atoms with Gasteiger partial charge in [0.2, 0.25) is 0 Å². The lowest BCUT2D eigenvalue weighted by Crippen LogP contribution is -2.35. The molecule has 1 nitrogen and oxygen atoms in total. The molecule has 1 saturated carbocycles. The Morgan fingerprint density at radius 3 is 2.61 bits per heavy atom. The minimum atomic E-state index is 0.763. The van der Waals surface area contributed by atoms with Gasteiger partial charge in [0.05, 0.1) is 0 Å². The average Bonchev–Trinajstić information content (AvgIpc) is 3.06. The van der Waals surface area contributed by atoms with Crippen LogP contribution >= 0.6 is 0 Å². The number of benzene rings is 1. The van der Waals surface area contributed by atoms with Crippen molar-refractivity contribution in [1.82, 2.24) is 4.90 Å². The van der Waals surface area contributed by atoms with Crippen LogP contribution in [0.15, 0.2) is 30.9 Å². The van der Waals surface area contributed by atoms with Gasteiger partial charge in [-0.25, -0.2) is 0 Å². The summed E-state index contributed by atoms with van der Waals surface area (Å²) in [5, 5.41) is 0. The molecule has 1 aromatic rings. The van der Waals surface area contributed by atoms with Gasteiger partial charge in [0.25, 0.3) is 0 Å². The highest BCUT2D eigenvalue weighted by molar-refractivity contribution is 5.36. The van der Waals surface area contributed by atoms with Crippen molar-refractivity contribution >= 4 is 0 Å². The number of hydrogen-bond donors (Lipinski definition) is 0. The van der Waals surface area contributed by atoms with Crippen LogP contribution in [0.25, 0.3) is 0 Å². The Hall–Kier alpha value is -1.08. The van der Waals surface area contributed by atoms with E-state index in [1.54, 1.807) is 11.1 Å². The predicted octanol–water partition coefficient (Wildman–Crippen LogP) is 6.01. The molecular formula is C22H37N. The maximum atomic E-state index is 4.02. The van der Waals surface area contributed by atoms with E-state index in [9.17, 15) is 0 Å². The van der Waals surface area contributed by atoms with Crippen LogP contribution in [-0.2, 0) is 13.0 Å². The molecule has 1 aliphatic carbocycles. The predicted molar refractivity (Wildman–Crippen MR) is 104 cm³/mol. The Labute approximate surface area is 144 Å². The van der Waals surface area contributed by atoms with Crippen LogP contribution in [0.5, 0.6) is 0 Å². The van der Waals surface area contributed by atoms with Crippen molar-refractivity contribution in [2.45, 2.75) is 66.8 Å². The van der Waals surface area contributed by atoms with E-state index in [4.69, 9.17) is 0 Å². The molecule has 130 valence electrons. The molecule has 0 bridgehead atoms. The standard InChI is InChI=1S/C18H25N.2C2H6/c1-3-15-7-5-8-16(15)12-19-11-10-18-14(2)6-4-9-17(18)13-19;2*1-2/h3-4,6,9,15-16H,1,5,7-8,10-13H2,2H3;2*1-2H3. The van der Waals surface area contributed by atoms with Gasteiger partial charge in [0.15, 0.2) is 0 Å². The Morgan fingerprint density at radius 1 is 1.17 bits per heavy atom. The van der Waals surface area contributed by atoms with Crippen LogP contribution in [0.1, 0.15) is 63.6 Å². The molecule has 0 spiro atoms. The van der Waals surface area contributed by atoms with Crippen molar-refractivity contribution in [3.05, 3.63) is 47.5 Å². The second-order valence-electron chi connectivity index (χ2n) is 6.29. The van der Waals surface area contributed by atoms with E-state index in [0.717, 1.165) is 18.4 Å². The summed E-state index contributed by atoms with van der Waals surface area (Å²) in [7, 11) is 0. The van der Waals surface area contributed by atoms with Crippen LogP contribution < -0.4 is 0 Å². The monoisotopic (exact) mass is 315 g/mol. The summed E-state index contributed by atoms with van der Waals surface area (Å²) in [5.41, 5.74) is 4.63. The number of aryl methyl sites for hydroxylation is 1. The summed E-state index contributed by atoms with van der Waals surface area (Å²) in [6.07, 6.45) is 7.57. The zero-order valence-corrected chi connectivity index (χ0v) is 16.1. The van der Waals surface area contributed by atoms with E-state index in [2.05, 4.69) is 42.7 Å². The van der Waals surface area contributed by atoms with E-state index >= 15 is 0 Å². The first kappa shape index (κ1) is 20.0. The Balaban J connectivity index is 0.000000615. The lowest BCUT2D eigenvalue weighted by atomic mass is 9.92. The van der Waals surface area contributed by atoms with Crippen LogP contribution in [-0.4, -0.2) is 18.0 Å². The number of allylic oxidation sites excluding steroid dienone is 1. The van der Waals surface area contributed by atoms with Crippen molar-refractivity contribution in [2.75, 3.05) is 13.1 Å². The molecule has 0 aromatic heterocycles. The molecule has 2 atom stereocenters. The Morgan fingerprint density at radius 2 is 1.91 bits per heavy atom. The van der Waals surface area contributed by atoms with E-state index in [1.807, 2.05) is 27.7 Å². The molecule has 0 saturated heterocycles. The number of rotatable bonds is 3. The van der Waals surface area contributed by atoms with Crippen LogP contribution in [0.4, 0.5) is 0 Å². The number of nitrogens with zero attached hydrogens (tertiary/aromatic N) is 1. The van der Waals surface area contributed by atoms with Gasteiger partial charge in [-0.3, -0.25) is 4.90 Å². The fourth-order valence-corrected chi connectivity index (χ4v) is 3.95. The average molecular weight is 316 g/mol. The fraction of sp³-hybridized carbons (Fsp3) is 0.636. The van der Waals surface area contributed by atoms with Crippen molar-refractivity contribution < 1.29 is 0 Å². The van der Waals surface area contributed by atoms with E-state index in [1.165, 1.54) is 44.3 Å². The molecule has 0 radical (unpaired) electrons. The highest BCUT2D eigenvalue weighted by Gasteiger charge is 2.28. The van der Waals surface area contributed by atoms with Crippen molar-refractivity contribution in [3.8, 4) is 0 Å². The maximum absolute atomic E-state index is 4.02. The lowest BCUT2D eigenvalue weighted by Gasteiger charge is -2.32. The third kappa shape index (κ3) is 5.21. The second-order valence-corrected chi connectivity index (χ2v) is 6.29. The van der Waals surface area contributed by atoms with Gasteiger partial charge >= 0.3 is 0 Å². The smallest absolute Gasteiger partial charge is 0.0236 e.